The van der Waals surface area contributed by atoms with Crippen molar-refractivity contribution in [2.75, 3.05) is 13.7 Å². The lowest BCUT2D eigenvalue weighted by Crippen LogP contribution is -2.19. The summed E-state index contributed by atoms with van der Waals surface area (Å²) in [5.74, 6) is -0.0101. The molecule has 0 fully saturated rings. The summed E-state index contributed by atoms with van der Waals surface area (Å²) in [5, 5.41) is 9.95. The maximum atomic E-state index is 12.5. The van der Waals surface area contributed by atoms with Gasteiger partial charge in [0.05, 0.1) is 5.69 Å². The van der Waals surface area contributed by atoms with Crippen molar-refractivity contribution in [1.82, 2.24) is 4.57 Å². The van der Waals surface area contributed by atoms with E-state index in [9.17, 15) is 23.1 Å². The van der Waals surface area contributed by atoms with Crippen LogP contribution in [0, 0.1) is 6.92 Å². The molecule has 0 saturated heterocycles. The van der Waals surface area contributed by atoms with E-state index in [4.69, 9.17) is 0 Å². The van der Waals surface area contributed by atoms with Crippen LogP contribution in [-0.4, -0.2) is 35.9 Å². The lowest BCUT2D eigenvalue weighted by molar-refractivity contribution is -0.140. The summed E-state index contributed by atoms with van der Waals surface area (Å²) in [6, 6.07) is 4.04. The van der Waals surface area contributed by atoms with Crippen LogP contribution in [0.4, 0.5) is 13.2 Å². The summed E-state index contributed by atoms with van der Waals surface area (Å²) in [6.45, 7) is 7.14. The molecule has 0 bridgehead atoms. The number of alkyl halides is 3. The number of halogens is 3. The van der Waals surface area contributed by atoms with Crippen LogP contribution >= 0.6 is 0 Å². The number of aromatic nitrogens is 1. The Labute approximate surface area is 139 Å². The molecule has 0 atom stereocenters. The zero-order valence-corrected chi connectivity index (χ0v) is 14.6. The van der Waals surface area contributed by atoms with Gasteiger partial charge in [0.2, 0.25) is 0 Å². The van der Waals surface area contributed by atoms with Crippen LogP contribution < -0.4 is 0 Å². The highest BCUT2D eigenvalue weighted by Gasteiger charge is 2.30. The summed E-state index contributed by atoms with van der Waals surface area (Å²) in [5.41, 5.74) is 0.678. The van der Waals surface area contributed by atoms with Crippen LogP contribution in [0.3, 0.4) is 0 Å². The molecule has 0 aliphatic heterocycles. The molecule has 0 spiro atoms. The van der Waals surface area contributed by atoms with Gasteiger partial charge in [-0.1, -0.05) is 13.8 Å². The Bertz CT molecular complexity index is 647. The summed E-state index contributed by atoms with van der Waals surface area (Å²) in [4.78, 5) is 10.8. The van der Waals surface area contributed by atoms with Gasteiger partial charge in [0.15, 0.2) is 6.29 Å². The minimum atomic E-state index is -4.41. The number of benzene rings is 1. The average molecular weight is 347 g/mol. The Balaban J connectivity index is 0.000000773. The van der Waals surface area contributed by atoms with E-state index in [1.165, 1.54) is 18.2 Å². The summed E-state index contributed by atoms with van der Waals surface area (Å²) >= 11 is 0. The number of rotatable bonds is 3. The number of methoxy groups -OCH3 is 1. The standard InChI is InChI=1S/C12H10F3NO2.C3H8O.C2H6/c1-7-9-4-8(5-17)16(6-12(13,14)15)10(9)2-3-11(7)18;1-3-4-2;1-2/h2-5,18H,6H2,1H3;3H2,1-2H3;1-2H3. The highest BCUT2D eigenvalue weighted by atomic mass is 19.4. The highest BCUT2D eigenvalue weighted by molar-refractivity contribution is 5.92. The third-order valence-corrected chi connectivity index (χ3v) is 3.10. The molecular formula is C17H24F3NO3. The molecule has 4 nitrogen and oxygen atoms in total. The minimum absolute atomic E-state index is 0.0101. The summed E-state index contributed by atoms with van der Waals surface area (Å²) in [6.07, 6.45) is -4.03. The first-order chi connectivity index (χ1) is 11.2. The van der Waals surface area contributed by atoms with Gasteiger partial charge in [0.25, 0.3) is 0 Å². The number of aryl methyl sites for hydroxylation is 1. The number of hydrogen-bond donors (Lipinski definition) is 1. The van der Waals surface area contributed by atoms with Gasteiger partial charge in [0.1, 0.15) is 12.3 Å². The fourth-order valence-electron chi connectivity index (χ4n) is 1.94. The van der Waals surface area contributed by atoms with Crippen molar-refractivity contribution in [3.63, 3.8) is 0 Å². The quantitative estimate of drug-likeness (QED) is 0.818. The Morgan fingerprint density at radius 1 is 1.29 bits per heavy atom. The molecule has 1 aromatic carbocycles. The van der Waals surface area contributed by atoms with Crippen molar-refractivity contribution in [1.29, 1.82) is 0 Å². The molecule has 0 radical (unpaired) electrons. The highest BCUT2D eigenvalue weighted by Crippen LogP contribution is 2.30. The molecular weight excluding hydrogens is 323 g/mol. The molecule has 0 saturated carbocycles. The number of phenols is 1. The van der Waals surface area contributed by atoms with Crippen molar-refractivity contribution in [2.24, 2.45) is 0 Å². The minimum Gasteiger partial charge on any atom is -0.508 e. The topological polar surface area (TPSA) is 51.5 Å². The van der Waals surface area contributed by atoms with Crippen molar-refractivity contribution >= 4 is 17.2 Å². The fraction of sp³-hybridized carbons (Fsp3) is 0.471. The van der Waals surface area contributed by atoms with Gasteiger partial charge in [-0.15, -0.1) is 0 Å². The molecule has 0 aliphatic rings. The number of aromatic hydroxyl groups is 1. The number of hydrogen-bond acceptors (Lipinski definition) is 3. The predicted octanol–water partition coefficient (Wildman–Crippen LogP) is 4.71. The van der Waals surface area contributed by atoms with Crippen LogP contribution in [0.5, 0.6) is 5.75 Å². The second kappa shape index (κ2) is 9.97. The van der Waals surface area contributed by atoms with Crippen molar-refractivity contribution in [3.05, 3.63) is 29.5 Å². The van der Waals surface area contributed by atoms with Gasteiger partial charge in [-0.3, -0.25) is 4.79 Å². The number of phenolic OH excluding ortho intramolecular Hbond substituents is 1. The summed E-state index contributed by atoms with van der Waals surface area (Å²) in [7, 11) is 1.68. The number of fused-ring (bicyclic) bond motifs is 1. The van der Waals surface area contributed by atoms with Crippen LogP contribution in [0.2, 0.25) is 0 Å². The van der Waals surface area contributed by atoms with Gasteiger partial charge < -0.3 is 14.4 Å². The molecule has 1 heterocycles. The molecule has 7 heteroatoms. The Morgan fingerprint density at radius 3 is 2.25 bits per heavy atom. The average Bonchev–Trinajstić information content (AvgIpc) is 2.90. The molecule has 1 N–H and O–H groups in total. The van der Waals surface area contributed by atoms with Crippen molar-refractivity contribution in [3.8, 4) is 5.75 Å². The van der Waals surface area contributed by atoms with Gasteiger partial charge in [-0.2, -0.15) is 13.2 Å². The predicted molar refractivity (Wildman–Crippen MR) is 88.7 cm³/mol. The largest absolute Gasteiger partial charge is 0.508 e. The van der Waals surface area contributed by atoms with E-state index in [0.29, 0.717) is 17.2 Å². The molecule has 2 rings (SSSR count). The lowest BCUT2D eigenvalue weighted by atomic mass is 10.1. The van der Waals surface area contributed by atoms with Crippen LogP contribution in [0.25, 0.3) is 10.9 Å². The molecule has 136 valence electrons. The van der Waals surface area contributed by atoms with Crippen LogP contribution in [-0.2, 0) is 11.3 Å². The Hall–Kier alpha value is -2.02. The van der Waals surface area contributed by atoms with E-state index < -0.39 is 12.7 Å². The van der Waals surface area contributed by atoms with E-state index in [2.05, 4.69) is 4.74 Å². The third-order valence-electron chi connectivity index (χ3n) is 3.10. The number of ether oxygens (including phenoxy) is 1. The zero-order valence-electron chi connectivity index (χ0n) is 14.6. The van der Waals surface area contributed by atoms with E-state index in [0.717, 1.165) is 11.2 Å². The first-order valence-electron chi connectivity index (χ1n) is 7.57. The fourth-order valence-corrected chi connectivity index (χ4v) is 1.94. The second-order valence-electron chi connectivity index (χ2n) is 4.61. The van der Waals surface area contributed by atoms with Gasteiger partial charge >= 0.3 is 6.18 Å². The smallest absolute Gasteiger partial charge is 0.406 e. The molecule has 2 aromatic rings. The van der Waals surface area contributed by atoms with E-state index in [1.54, 1.807) is 14.0 Å². The monoisotopic (exact) mass is 347 g/mol. The zero-order chi connectivity index (χ0) is 18.9. The number of nitrogens with zero attached hydrogens (tertiary/aromatic N) is 1. The summed E-state index contributed by atoms with van der Waals surface area (Å²) < 4.78 is 42.8. The molecule has 0 unspecified atom stereocenters. The molecule has 0 amide bonds. The third kappa shape index (κ3) is 5.88. The van der Waals surface area contributed by atoms with Crippen LogP contribution in [0.1, 0.15) is 36.8 Å². The Kier molecular flexibility index (Phi) is 9.13. The molecule has 1 aromatic heterocycles. The second-order valence-corrected chi connectivity index (χ2v) is 4.61. The lowest BCUT2D eigenvalue weighted by Gasteiger charge is -2.11. The maximum Gasteiger partial charge on any atom is 0.406 e. The van der Waals surface area contributed by atoms with Gasteiger partial charge in [-0.25, -0.2) is 0 Å². The van der Waals surface area contributed by atoms with E-state index in [-0.39, 0.29) is 17.0 Å². The van der Waals surface area contributed by atoms with E-state index >= 15 is 0 Å². The van der Waals surface area contributed by atoms with E-state index in [1.807, 2.05) is 20.8 Å². The van der Waals surface area contributed by atoms with Crippen molar-refractivity contribution < 1.29 is 27.8 Å². The molecule has 0 aliphatic carbocycles. The number of aldehydes is 1. The number of carbonyl (C=O) groups is 1. The van der Waals surface area contributed by atoms with Gasteiger partial charge in [0, 0.05) is 30.2 Å². The first kappa shape index (κ1) is 22.0. The SMILES string of the molecule is CC.CCOC.Cc1c(O)ccc2c1cc(C=O)n2CC(F)(F)F. The number of carbonyl (C=O) groups excluding carboxylic acids is 1. The molecule has 24 heavy (non-hydrogen) atoms. The normalized spacial score (nSPS) is 10.5. The maximum absolute atomic E-state index is 12.5. The van der Waals surface area contributed by atoms with Crippen LogP contribution in [0.15, 0.2) is 18.2 Å². The Morgan fingerprint density at radius 2 is 1.83 bits per heavy atom. The van der Waals surface area contributed by atoms with Crippen molar-refractivity contribution in [2.45, 2.75) is 40.4 Å². The van der Waals surface area contributed by atoms with Gasteiger partial charge in [-0.05, 0) is 32.0 Å². The first-order valence-corrected chi connectivity index (χ1v) is 7.57.